The minimum absolute atomic E-state index is 0.118. The lowest BCUT2D eigenvalue weighted by atomic mass is 9.68. The summed E-state index contributed by atoms with van der Waals surface area (Å²) in [5.41, 5.74) is 1.56. The lowest BCUT2D eigenvalue weighted by Gasteiger charge is -2.36. The van der Waals surface area contributed by atoms with Gasteiger partial charge in [0.15, 0.2) is 0 Å². The monoisotopic (exact) mass is 434 g/mol. The zero-order valence-corrected chi connectivity index (χ0v) is 19.5. The van der Waals surface area contributed by atoms with E-state index in [0.717, 1.165) is 68.2 Å². The predicted molar refractivity (Wildman–Crippen MR) is 131 cm³/mol. The number of carbonyl (C=O) groups excluding carboxylic acids is 1. The van der Waals surface area contributed by atoms with Crippen LogP contribution in [0.4, 0.5) is 5.69 Å². The van der Waals surface area contributed by atoms with Crippen molar-refractivity contribution in [2.24, 2.45) is 5.92 Å². The molecule has 0 radical (unpaired) electrons. The Balaban J connectivity index is 1.28. The molecule has 0 unspecified atom stereocenters. The Morgan fingerprint density at radius 2 is 1.69 bits per heavy atom. The first-order valence-corrected chi connectivity index (χ1v) is 12.5. The van der Waals surface area contributed by atoms with Gasteiger partial charge < -0.3 is 15.0 Å². The van der Waals surface area contributed by atoms with Crippen molar-refractivity contribution in [2.45, 2.75) is 63.7 Å². The molecule has 4 nitrogen and oxygen atoms in total. The van der Waals surface area contributed by atoms with E-state index >= 15 is 0 Å². The summed E-state index contributed by atoms with van der Waals surface area (Å²) in [5.74, 6) is 1.86. The van der Waals surface area contributed by atoms with Gasteiger partial charge in [-0.2, -0.15) is 0 Å². The van der Waals surface area contributed by atoms with Gasteiger partial charge in [0, 0.05) is 12.2 Å². The lowest BCUT2D eigenvalue weighted by Crippen LogP contribution is -2.42. The largest absolute Gasteiger partial charge is 0.494 e. The summed E-state index contributed by atoms with van der Waals surface area (Å²) in [4.78, 5) is 16.0. The van der Waals surface area contributed by atoms with E-state index in [1.807, 2.05) is 42.5 Å². The number of amides is 1. The second-order valence-corrected chi connectivity index (χ2v) is 9.71. The second-order valence-electron chi connectivity index (χ2n) is 9.71. The number of benzene rings is 2. The first-order chi connectivity index (χ1) is 15.7. The Kier molecular flexibility index (Phi) is 7.85. The van der Waals surface area contributed by atoms with Crippen molar-refractivity contribution in [2.75, 3.05) is 31.6 Å². The molecule has 1 saturated carbocycles. The number of piperidine rings is 1. The number of nitrogens with one attached hydrogen (secondary N) is 1. The molecule has 4 rings (SSSR count). The number of anilines is 1. The van der Waals surface area contributed by atoms with Gasteiger partial charge in [0.05, 0.1) is 12.0 Å². The summed E-state index contributed by atoms with van der Waals surface area (Å²) in [5, 5.41) is 3.19. The van der Waals surface area contributed by atoms with E-state index in [1.54, 1.807) is 0 Å². The highest BCUT2D eigenvalue weighted by molar-refractivity contribution is 5.99. The minimum Gasteiger partial charge on any atom is -0.494 e. The van der Waals surface area contributed by atoms with Crippen LogP contribution in [0.3, 0.4) is 0 Å². The molecule has 1 heterocycles. The summed E-state index contributed by atoms with van der Waals surface area (Å²) in [7, 11) is 0. The molecule has 0 spiro atoms. The summed E-state index contributed by atoms with van der Waals surface area (Å²) in [6, 6.07) is 18.2. The van der Waals surface area contributed by atoms with Crippen LogP contribution in [0.2, 0.25) is 0 Å². The highest BCUT2D eigenvalue weighted by Crippen LogP contribution is 2.40. The van der Waals surface area contributed by atoms with E-state index in [2.05, 4.69) is 29.3 Å². The average Bonchev–Trinajstić information content (AvgIpc) is 2.85. The Morgan fingerprint density at radius 3 is 2.38 bits per heavy atom. The molecule has 172 valence electrons. The Labute approximate surface area is 193 Å². The predicted octanol–water partition coefficient (Wildman–Crippen LogP) is 6.03. The molecule has 0 aromatic heterocycles. The van der Waals surface area contributed by atoms with Gasteiger partial charge in [-0.25, -0.2) is 0 Å². The Morgan fingerprint density at radius 1 is 1.00 bits per heavy atom. The Bertz CT molecular complexity index is 835. The van der Waals surface area contributed by atoms with Crippen LogP contribution in [0, 0.1) is 5.92 Å². The van der Waals surface area contributed by atoms with Gasteiger partial charge in [-0.3, -0.25) is 4.79 Å². The van der Waals surface area contributed by atoms with Crippen molar-refractivity contribution in [3.05, 3.63) is 60.2 Å². The number of ether oxygens (including phenoxy) is 1. The molecular weight excluding hydrogens is 396 g/mol. The molecule has 1 saturated heterocycles. The van der Waals surface area contributed by atoms with Crippen molar-refractivity contribution in [1.29, 1.82) is 0 Å². The maximum absolute atomic E-state index is 13.4. The van der Waals surface area contributed by atoms with Crippen molar-refractivity contribution in [3.8, 4) is 5.75 Å². The zero-order valence-electron chi connectivity index (χ0n) is 19.5. The molecule has 0 atom stereocenters. The third kappa shape index (κ3) is 5.72. The Hall–Kier alpha value is -2.33. The van der Waals surface area contributed by atoms with E-state index in [-0.39, 0.29) is 5.91 Å². The average molecular weight is 435 g/mol. The van der Waals surface area contributed by atoms with Crippen LogP contribution in [0.25, 0.3) is 0 Å². The molecule has 0 bridgehead atoms. The normalized spacial score (nSPS) is 19.4. The summed E-state index contributed by atoms with van der Waals surface area (Å²) in [6.45, 7) is 6.64. The fourth-order valence-corrected chi connectivity index (χ4v) is 5.21. The third-order valence-electron chi connectivity index (χ3n) is 7.34. The minimum atomic E-state index is -0.416. The maximum Gasteiger partial charge on any atom is 0.235 e. The van der Waals surface area contributed by atoms with E-state index < -0.39 is 5.41 Å². The fraction of sp³-hybridized carbons (Fsp3) is 0.536. The number of likely N-dealkylation sites (tertiary alicyclic amines) is 1. The van der Waals surface area contributed by atoms with Crippen LogP contribution < -0.4 is 10.1 Å². The van der Waals surface area contributed by atoms with Gasteiger partial charge >= 0.3 is 0 Å². The molecule has 1 N–H and O–H groups in total. The van der Waals surface area contributed by atoms with Gasteiger partial charge in [0.25, 0.3) is 0 Å². The van der Waals surface area contributed by atoms with Gasteiger partial charge in [-0.15, -0.1) is 0 Å². The van der Waals surface area contributed by atoms with Crippen molar-refractivity contribution in [3.63, 3.8) is 0 Å². The molecule has 2 aromatic carbocycles. The molecule has 1 aliphatic heterocycles. The standard InChI is InChI=1S/C28H38N2O2/c1-23-15-20-30(21-16-23)19-8-22-32-26-13-11-25(12-14-26)29-27(31)28(17-6-3-7-18-28)24-9-4-2-5-10-24/h2,4-5,9-14,23H,3,6-8,15-22H2,1H3,(H,29,31). The molecule has 2 aromatic rings. The molecule has 4 heteroatoms. The number of hydrogen-bond donors (Lipinski definition) is 1. The van der Waals surface area contributed by atoms with Crippen molar-refractivity contribution in [1.82, 2.24) is 4.90 Å². The van der Waals surface area contributed by atoms with E-state index in [1.165, 1.54) is 32.4 Å². The van der Waals surface area contributed by atoms with Crippen LogP contribution in [0.1, 0.15) is 63.9 Å². The smallest absolute Gasteiger partial charge is 0.235 e. The highest BCUT2D eigenvalue weighted by Gasteiger charge is 2.40. The summed E-state index contributed by atoms with van der Waals surface area (Å²) < 4.78 is 5.94. The highest BCUT2D eigenvalue weighted by atomic mass is 16.5. The molecule has 2 fully saturated rings. The topological polar surface area (TPSA) is 41.6 Å². The number of carbonyl (C=O) groups is 1. The maximum atomic E-state index is 13.4. The zero-order chi connectivity index (χ0) is 22.2. The van der Waals surface area contributed by atoms with Crippen LogP contribution >= 0.6 is 0 Å². The number of hydrogen-bond acceptors (Lipinski definition) is 3. The first kappa shape index (κ1) is 22.8. The molecule has 1 amide bonds. The van der Waals surface area contributed by atoms with Crippen LogP contribution in [-0.4, -0.2) is 37.0 Å². The fourth-order valence-electron chi connectivity index (χ4n) is 5.21. The van der Waals surface area contributed by atoms with Gasteiger partial charge in [0.1, 0.15) is 5.75 Å². The van der Waals surface area contributed by atoms with Crippen molar-refractivity contribution >= 4 is 11.6 Å². The van der Waals surface area contributed by atoms with Gasteiger partial charge in [-0.05, 0) is 80.9 Å². The quantitative estimate of drug-likeness (QED) is 0.516. The summed E-state index contributed by atoms with van der Waals surface area (Å²) >= 11 is 0. The van der Waals surface area contributed by atoms with Crippen LogP contribution in [0.5, 0.6) is 5.75 Å². The van der Waals surface area contributed by atoms with Crippen LogP contribution in [-0.2, 0) is 10.2 Å². The lowest BCUT2D eigenvalue weighted by molar-refractivity contribution is -0.122. The summed E-state index contributed by atoms with van der Waals surface area (Å²) in [6.07, 6.45) is 8.94. The third-order valence-corrected chi connectivity index (χ3v) is 7.34. The van der Waals surface area contributed by atoms with Crippen LogP contribution in [0.15, 0.2) is 54.6 Å². The van der Waals surface area contributed by atoms with Crippen molar-refractivity contribution < 1.29 is 9.53 Å². The second kappa shape index (κ2) is 11.0. The molecular formula is C28H38N2O2. The van der Waals surface area contributed by atoms with E-state index in [9.17, 15) is 4.79 Å². The molecule has 1 aliphatic carbocycles. The van der Waals surface area contributed by atoms with E-state index in [4.69, 9.17) is 4.74 Å². The van der Waals surface area contributed by atoms with Gasteiger partial charge in [-0.1, -0.05) is 56.5 Å². The van der Waals surface area contributed by atoms with E-state index in [0.29, 0.717) is 0 Å². The first-order valence-electron chi connectivity index (χ1n) is 12.5. The molecule has 2 aliphatic rings. The SMILES string of the molecule is CC1CCN(CCCOc2ccc(NC(=O)C3(c4ccccc4)CCCCC3)cc2)CC1. The van der Waals surface area contributed by atoms with Gasteiger partial charge in [0.2, 0.25) is 5.91 Å². The number of nitrogens with zero attached hydrogens (tertiary/aromatic N) is 1. The number of rotatable bonds is 8. The molecule has 32 heavy (non-hydrogen) atoms.